The fourth-order valence-corrected chi connectivity index (χ4v) is 1.50. The highest BCUT2D eigenvalue weighted by Gasteiger charge is 2.24. The molecule has 1 heterocycles. The molecule has 0 saturated heterocycles. The van der Waals surface area contributed by atoms with E-state index >= 15 is 0 Å². The number of hydrogen-bond donors (Lipinski definition) is 1. The van der Waals surface area contributed by atoms with Crippen LogP contribution in [0.3, 0.4) is 0 Å². The van der Waals surface area contributed by atoms with Crippen molar-refractivity contribution in [1.82, 2.24) is 0 Å². The number of nitrogens with zero attached hydrogens (tertiary/aromatic N) is 1. The highest BCUT2D eigenvalue weighted by molar-refractivity contribution is 6.02. The number of hydrogen-bond acceptors (Lipinski definition) is 2. The van der Waals surface area contributed by atoms with Gasteiger partial charge in [0.25, 0.3) is 0 Å². The van der Waals surface area contributed by atoms with Gasteiger partial charge in [0.2, 0.25) is 5.91 Å². The van der Waals surface area contributed by atoms with Gasteiger partial charge in [-0.2, -0.15) is 0 Å². The molecule has 12 heavy (non-hydrogen) atoms. The quantitative estimate of drug-likeness (QED) is 0.573. The van der Waals surface area contributed by atoms with E-state index in [0.717, 1.165) is 11.3 Å². The van der Waals surface area contributed by atoms with E-state index < -0.39 is 0 Å². The molecule has 1 aliphatic heterocycles. The predicted molar refractivity (Wildman–Crippen MR) is 48.0 cm³/mol. The van der Waals surface area contributed by atoms with Crippen LogP contribution in [-0.4, -0.2) is 13.0 Å². The zero-order chi connectivity index (χ0) is 8.72. The van der Waals surface area contributed by atoms with E-state index in [-0.39, 0.29) is 5.91 Å². The molecule has 3 heteroatoms. The second kappa shape index (κ2) is 2.24. The van der Waals surface area contributed by atoms with Crippen molar-refractivity contribution < 1.29 is 4.79 Å². The van der Waals surface area contributed by atoms with E-state index in [1.165, 1.54) is 0 Å². The summed E-state index contributed by atoms with van der Waals surface area (Å²) in [5.74, 6) is 0.114. The molecule has 0 fully saturated rings. The normalized spacial score (nSPS) is 15.1. The van der Waals surface area contributed by atoms with Crippen LogP contribution in [0.5, 0.6) is 0 Å². The van der Waals surface area contributed by atoms with E-state index in [2.05, 4.69) is 0 Å². The van der Waals surface area contributed by atoms with Crippen LogP contribution >= 0.6 is 0 Å². The average Bonchev–Trinajstić information content (AvgIpc) is 2.32. The topological polar surface area (TPSA) is 46.3 Å². The Morgan fingerprint density at radius 3 is 2.92 bits per heavy atom. The van der Waals surface area contributed by atoms with E-state index in [4.69, 9.17) is 5.73 Å². The van der Waals surface area contributed by atoms with Gasteiger partial charge in [-0.15, -0.1) is 0 Å². The van der Waals surface area contributed by atoms with E-state index in [0.29, 0.717) is 12.1 Å². The minimum absolute atomic E-state index is 0.114. The first-order valence-corrected chi connectivity index (χ1v) is 3.84. The molecule has 1 aromatic carbocycles. The number of carbonyl (C=O) groups is 1. The first-order chi connectivity index (χ1) is 5.70. The molecule has 62 valence electrons. The Morgan fingerprint density at radius 1 is 1.50 bits per heavy atom. The van der Waals surface area contributed by atoms with Crippen LogP contribution in [0, 0.1) is 0 Å². The van der Waals surface area contributed by atoms with Gasteiger partial charge in [0.1, 0.15) is 0 Å². The number of amides is 1. The molecule has 0 radical (unpaired) electrons. The van der Waals surface area contributed by atoms with Gasteiger partial charge >= 0.3 is 0 Å². The number of carbonyl (C=O) groups excluding carboxylic acids is 1. The van der Waals surface area contributed by atoms with Gasteiger partial charge in [0.05, 0.1) is 6.42 Å². The summed E-state index contributed by atoms with van der Waals surface area (Å²) in [5.41, 5.74) is 8.34. The minimum Gasteiger partial charge on any atom is -0.398 e. The van der Waals surface area contributed by atoms with Gasteiger partial charge in [0.15, 0.2) is 0 Å². The molecular weight excluding hydrogens is 152 g/mol. The van der Waals surface area contributed by atoms with Gasteiger partial charge in [0, 0.05) is 24.0 Å². The lowest BCUT2D eigenvalue weighted by Gasteiger charge is -2.09. The highest BCUT2D eigenvalue weighted by Crippen LogP contribution is 2.31. The molecule has 1 amide bonds. The van der Waals surface area contributed by atoms with Gasteiger partial charge in [-0.05, 0) is 12.1 Å². The number of anilines is 2. The Morgan fingerprint density at radius 2 is 2.25 bits per heavy atom. The number of nitrogens with two attached hydrogens (primary N) is 1. The maximum Gasteiger partial charge on any atom is 0.231 e. The Hall–Kier alpha value is -1.51. The molecule has 0 unspecified atom stereocenters. The summed E-state index contributed by atoms with van der Waals surface area (Å²) < 4.78 is 0. The number of nitrogen functional groups attached to an aromatic ring is 1. The molecule has 0 spiro atoms. The van der Waals surface area contributed by atoms with Crippen molar-refractivity contribution in [3.63, 3.8) is 0 Å². The van der Waals surface area contributed by atoms with Gasteiger partial charge in [-0.1, -0.05) is 6.07 Å². The summed E-state index contributed by atoms with van der Waals surface area (Å²) in [5, 5.41) is 0. The largest absolute Gasteiger partial charge is 0.398 e. The molecule has 3 nitrogen and oxygen atoms in total. The van der Waals surface area contributed by atoms with Crippen molar-refractivity contribution in [2.45, 2.75) is 6.42 Å². The molecular formula is C9H10N2O. The van der Waals surface area contributed by atoms with Gasteiger partial charge in [-0.25, -0.2) is 0 Å². The zero-order valence-electron chi connectivity index (χ0n) is 6.87. The van der Waals surface area contributed by atoms with Crippen molar-refractivity contribution in [3.8, 4) is 0 Å². The number of fused-ring (bicyclic) bond motifs is 1. The summed E-state index contributed by atoms with van der Waals surface area (Å²) in [4.78, 5) is 12.9. The lowest BCUT2D eigenvalue weighted by Crippen LogP contribution is -2.20. The molecule has 2 N–H and O–H groups in total. The summed E-state index contributed by atoms with van der Waals surface area (Å²) in [6.07, 6.45) is 0.443. The van der Waals surface area contributed by atoms with Crippen LogP contribution in [0.4, 0.5) is 11.4 Å². The molecule has 1 aromatic rings. The Bertz CT molecular complexity index is 346. The third-order valence-electron chi connectivity index (χ3n) is 2.25. The van der Waals surface area contributed by atoms with Crippen LogP contribution in [0.25, 0.3) is 0 Å². The van der Waals surface area contributed by atoms with Crippen molar-refractivity contribution in [2.75, 3.05) is 17.7 Å². The second-order valence-electron chi connectivity index (χ2n) is 2.97. The summed E-state index contributed by atoms with van der Waals surface area (Å²) >= 11 is 0. The SMILES string of the molecule is CN1C(=O)Cc2c(N)cccc21. The summed E-state index contributed by atoms with van der Waals surface area (Å²) in [7, 11) is 1.77. The fraction of sp³-hybridized carbons (Fsp3) is 0.222. The van der Waals surface area contributed by atoms with E-state index in [9.17, 15) is 4.79 Å². The molecule has 0 aliphatic carbocycles. The van der Waals surface area contributed by atoms with Gasteiger partial charge < -0.3 is 10.6 Å². The molecule has 0 aromatic heterocycles. The number of likely N-dealkylation sites (N-methyl/N-ethyl adjacent to an activating group) is 1. The Balaban J connectivity index is 2.60. The van der Waals surface area contributed by atoms with Crippen molar-refractivity contribution >= 4 is 17.3 Å². The van der Waals surface area contributed by atoms with Crippen LogP contribution in [-0.2, 0) is 11.2 Å². The van der Waals surface area contributed by atoms with Crippen LogP contribution in [0.15, 0.2) is 18.2 Å². The molecule has 2 rings (SSSR count). The highest BCUT2D eigenvalue weighted by atomic mass is 16.2. The van der Waals surface area contributed by atoms with Crippen LogP contribution in [0.1, 0.15) is 5.56 Å². The van der Waals surface area contributed by atoms with Crippen LogP contribution in [0.2, 0.25) is 0 Å². The first-order valence-electron chi connectivity index (χ1n) is 3.84. The third kappa shape index (κ3) is 0.794. The van der Waals surface area contributed by atoms with Crippen molar-refractivity contribution in [3.05, 3.63) is 23.8 Å². The zero-order valence-corrected chi connectivity index (χ0v) is 6.87. The third-order valence-corrected chi connectivity index (χ3v) is 2.25. The maximum absolute atomic E-state index is 11.3. The smallest absolute Gasteiger partial charge is 0.231 e. The van der Waals surface area contributed by atoms with E-state index in [1.54, 1.807) is 11.9 Å². The van der Waals surface area contributed by atoms with E-state index in [1.807, 2.05) is 18.2 Å². The molecule has 0 atom stereocenters. The lowest BCUT2D eigenvalue weighted by atomic mass is 10.1. The molecule has 0 saturated carbocycles. The number of rotatable bonds is 0. The Labute approximate surface area is 70.8 Å². The second-order valence-corrected chi connectivity index (χ2v) is 2.97. The Kier molecular flexibility index (Phi) is 1.33. The first kappa shape index (κ1) is 7.16. The minimum atomic E-state index is 0.114. The molecule has 0 bridgehead atoms. The lowest BCUT2D eigenvalue weighted by molar-refractivity contribution is -0.117. The monoisotopic (exact) mass is 162 g/mol. The molecule has 1 aliphatic rings. The predicted octanol–water partition coefficient (Wildman–Crippen LogP) is 0.788. The van der Waals surface area contributed by atoms with Crippen molar-refractivity contribution in [2.24, 2.45) is 0 Å². The van der Waals surface area contributed by atoms with Gasteiger partial charge in [-0.3, -0.25) is 4.79 Å². The van der Waals surface area contributed by atoms with Crippen LogP contribution < -0.4 is 10.6 Å². The standard InChI is InChI=1S/C9H10N2O/c1-11-8-4-2-3-7(10)6(8)5-9(11)12/h2-4H,5,10H2,1H3. The number of benzene rings is 1. The fourth-order valence-electron chi connectivity index (χ4n) is 1.50. The van der Waals surface area contributed by atoms with Crippen molar-refractivity contribution in [1.29, 1.82) is 0 Å². The maximum atomic E-state index is 11.3. The summed E-state index contributed by atoms with van der Waals surface area (Å²) in [6.45, 7) is 0. The average molecular weight is 162 g/mol. The summed E-state index contributed by atoms with van der Waals surface area (Å²) in [6, 6.07) is 5.60.